The van der Waals surface area contributed by atoms with Crippen LogP contribution in [0.15, 0.2) is 0 Å². The molecule has 1 aliphatic carbocycles. The van der Waals surface area contributed by atoms with Gasteiger partial charge in [0.1, 0.15) is 0 Å². The van der Waals surface area contributed by atoms with Crippen LogP contribution in [-0.2, 0) is 0 Å². The van der Waals surface area contributed by atoms with Crippen molar-refractivity contribution in [3.05, 3.63) is 0 Å². The summed E-state index contributed by atoms with van der Waals surface area (Å²) in [5.41, 5.74) is 5.36. The predicted octanol–water partition coefficient (Wildman–Crippen LogP) is 2.21. The Bertz CT molecular complexity index is 201. The first-order valence-electron chi connectivity index (χ1n) is 5.78. The van der Waals surface area contributed by atoms with Crippen LogP contribution in [0.5, 0.6) is 0 Å². The fraction of sp³-hybridized carbons (Fsp3) is 0.909. The van der Waals surface area contributed by atoms with E-state index >= 15 is 0 Å². The van der Waals surface area contributed by atoms with Crippen molar-refractivity contribution in [2.24, 2.45) is 17.6 Å². The number of thioether (sulfide) groups is 1. The van der Waals surface area contributed by atoms with Crippen molar-refractivity contribution in [1.29, 1.82) is 0 Å². The summed E-state index contributed by atoms with van der Waals surface area (Å²) in [6.45, 7) is 5.02. The fourth-order valence-electron chi connectivity index (χ4n) is 2.30. The summed E-state index contributed by atoms with van der Waals surface area (Å²) in [6.07, 6.45) is 3.76. The molecule has 0 heterocycles. The van der Waals surface area contributed by atoms with E-state index in [2.05, 4.69) is 19.2 Å². The Kier molecular flexibility index (Phi) is 5.47. The molecule has 0 spiro atoms. The minimum Gasteiger partial charge on any atom is -0.344 e. The Morgan fingerprint density at radius 2 is 2.00 bits per heavy atom. The highest BCUT2D eigenvalue weighted by molar-refractivity contribution is 8.13. The lowest BCUT2D eigenvalue weighted by atomic mass is 9.79. The third kappa shape index (κ3) is 4.03. The highest BCUT2D eigenvalue weighted by Crippen LogP contribution is 2.29. The molecular formula is C11H22N2OS. The second-order valence-electron chi connectivity index (χ2n) is 4.48. The summed E-state index contributed by atoms with van der Waals surface area (Å²) in [4.78, 5) is 11.6. The van der Waals surface area contributed by atoms with Gasteiger partial charge >= 0.3 is 0 Å². The minimum atomic E-state index is 0.0889. The van der Waals surface area contributed by atoms with Crippen LogP contribution in [0.1, 0.15) is 33.1 Å². The van der Waals surface area contributed by atoms with E-state index in [4.69, 9.17) is 5.73 Å². The first-order chi connectivity index (χ1) is 7.15. The molecule has 88 valence electrons. The highest BCUT2D eigenvalue weighted by Gasteiger charge is 2.28. The van der Waals surface area contributed by atoms with Crippen LogP contribution in [-0.4, -0.2) is 23.6 Å². The van der Waals surface area contributed by atoms with Crippen molar-refractivity contribution in [3.8, 4) is 0 Å². The number of nitrogens with one attached hydrogen (secondary N) is 1. The number of rotatable bonds is 3. The van der Waals surface area contributed by atoms with Crippen LogP contribution in [0.3, 0.4) is 0 Å². The first kappa shape index (κ1) is 12.8. The molecule has 3 N–H and O–H groups in total. The summed E-state index contributed by atoms with van der Waals surface area (Å²) in [5, 5.41) is 3.21. The molecule has 0 aromatic rings. The van der Waals surface area contributed by atoms with E-state index in [1.807, 2.05) is 0 Å². The quantitative estimate of drug-likeness (QED) is 0.781. The molecule has 0 unspecified atom stereocenters. The molecule has 1 saturated carbocycles. The topological polar surface area (TPSA) is 55.1 Å². The molecule has 0 aliphatic heterocycles. The molecule has 0 aromatic carbocycles. The molecule has 0 radical (unpaired) electrons. The van der Waals surface area contributed by atoms with Crippen molar-refractivity contribution in [2.45, 2.75) is 39.2 Å². The van der Waals surface area contributed by atoms with Crippen LogP contribution in [0, 0.1) is 11.8 Å². The second-order valence-corrected chi connectivity index (χ2v) is 5.55. The zero-order chi connectivity index (χ0) is 11.3. The Labute approximate surface area is 96.6 Å². The summed E-state index contributed by atoms with van der Waals surface area (Å²) in [5.74, 6) is 1.92. The maximum Gasteiger partial charge on any atom is 0.279 e. The lowest BCUT2D eigenvalue weighted by molar-refractivity contribution is 0.207. The van der Waals surface area contributed by atoms with Gasteiger partial charge in [0.15, 0.2) is 0 Å². The minimum absolute atomic E-state index is 0.0889. The van der Waals surface area contributed by atoms with E-state index in [1.165, 1.54) is 31.0 Å². The van der Waals surface area contributed by atoms with Crippen molar-refractivity contribution in [1.82, 2.24) is 5.32 Å². The molecule has 1 aliphatic rings. The van der Waals surface area contributed by atoms with Crippen molar-refractivity contribution in [2.75, 3.05) is 12.3 Å². The SMILES string of the molecule is C[C@@H]1CCC[C@@H](C)C1NC(=O)SCCN. The van der Waals surface area contributed by atoms with Gasteiger partial charge in [-0.25, -0.2) is 0 Å². The molecule has 1 amide bonds. The summed E-state index contributed by atoms with van der Waals surface area (Å²) in [6, 6.07) is 0.358. The molecule has 4 heteroatoms. The van der Waals surface area contributed by atoms with Gasteiger partial charge in [-0.3, -0.25) is 4.79 Å². The van der Waals surface area contributed by atoms with Gasteiger partial charge in [-0.05, 0) is 24.7 Å². The lowest BCUT2D eigenvalue weighted by Gasteiger charge is -2.34. The molecule has 15 heavy (non-hydrogen) atoms. The molecule has 0 aromatic heterocycles. The number of amides is 1. The molecule has 1 fully saturated rings. The molecule has 2 atom stereocenters. The van der Waals surface area contributed by atoms with Gasteiger partial charge in [-0.2, -0.15) is 0 Å². The zero-order valence-electron chi connectivity index (χ0n) is 9.66. The standard InChI is InChI=1S/C11H22N2OS/c1-8-4-3-5-9(2)10(8)13-11(14)15-7-6-12/h8-10H,3-7,12H2,1-2H3,(H,13,14)/t8-,9-/m1/s1. The lowest BCUT2D eigenvalue weighted by Crippen LogP contribution is -2.44. The Balaban J connectivity index is 2.37. The number of hydrogen-bond donors (Lipinski definition) is 2. The summed E-state index contributed by atoms with van der Waals surface area (Å²) >= 11 is 1.30. The largest absolute Gasteiger partial charge is 0.344 e. The van der Waals surface area contributed by atoms with Gasteiger partial charge in [0.05, 0.1) is 0 Å². The van der Waals surface area contributed by atoms with Gasteiger partial charge in [0.25, 0.3) is 5.24 Å². The summed E-state index contributed by atoms with van der Waals surface area (Å²) < 4.78 is 0. The van der Waals surface area contributed by atoms with E-state index in [0.717, 1.165) is 0 Å². The number of carbonyl (C=O) groups excluding carboxylic acids is 1. The van der Waals surface area contributed by atoms with Crippen molar-refractivity contribution >= 4 is 17.0 Å². The van der Waals surface area contributed by atoms with E-state index in [9.17, 15) is 4.79 Å². The predicted molar refractivity (Wildman–Crippen MR) is 66.0 cm³/mol. The normalized spacial score (nSPS) is 27.7. The van der Waals surface area contributed by atoms with E-state index in [1.54, 1.807) is 0 Å². The summed E-state index contributed by atoms with van der Waals surface area (Å²) in [7, 11) is 0. The average molecular weight is 230 g/mol. The fourth-order valence-corrected chi connectivity index (χ4v) is 2.82. The maximum atomic E-state index is 11.6. The number of carbonyl (C=O) groups is 1. The van der Waals surface area contributed by atoms with Gasteiger partial charge in [-0.1, -0.05) is 32.0 Å². The van der Waals surface area contributed by atoms with Gasteiger partial charge in [-0.15, -0.1) is 0 Å². The molecule has 1 rings (SSSR count). The molecule has 0 saturated heterocycles. The van der Waals surface area contributed by atoms with Crippen molar-refractivity contribution in [3.63, 3.8) is 0 Å². The Hall–Kier alpha value is -0.220. The average Bonchev–Trinajstić information content (AvgIpc) is 2.21. The second kappa shape index (κ2) is 6.38. The van der Waals surface area contributed by atoms with Gasteiger partial charge < -0.3 is 11.1 Å². The Morgan fingerprint density at radius 3 is 2.53 bits per heavy atom. The van der Waals surface area contributed by atoms with Crippen LogP contribution in [0.2, 0.25) is 0 Å². The molecule has 3 nitrogen and oxygen atoms in total. The van der Waals surface area contributed by atoms with Crippen LogP contribution in [0.4, 0.5) is 4.79 Å². The number of nitrogens with two attached hydrogens (primary N) is 1. The van der Waals surface area contributed by atoms with Crippen LogP contribution >= 0.6 is 11.8 Å². The van der Waals surface area contributed by atoms with Crippen LogP contribution < -0.4 is 11.1 Å². The third-order valence-electron chi connectivity index (χ3n) is 3.18. The molecule has 0 bridgehead atoms. The monoisotopic (exact) mass is 230 g/mol. The van der Waals surface area contributed by atoms with E-state index < -0.39 is 0 Å². The third-order valence-corrected chi connectivity index (χ3v) is 4.00. The molecular weight excluding hydrogens is 208 g/mol. The highest BCUT2D eigenvalue weighted by atomic mass is 32.2. The van der Waals surface area contributed by atoms with Gasteiger partial charge in [0, 0.05) is 18.3 Å². The first-order valence-corrected chi connectivity index (χ1v) is 6.77. The maximum absolute atomic E-state index is 11.6. The number of hydrogen-bond acceptors (Lipinski definition) is 3. The van der Waals surface area contributed by atoms with Gasteiger partial charge in [0.2, 0.25) is 0 Å². The smallest absolute Gasteiger partial charge is 0.279 e. The van der Waals surface area contributed by atoms with Crippen molar-refractivity contribution < 1.29 is 4.79 Å². The van der Waals surface area contributed by atoms with E-state index in [0.29, 0.717) is 30.2 Å². The van der Waals surface area contributed by atoms with Crippen LogP contribution in [0.25, 0.3) is 0 Å². The van der Waals surface area contributed by atoms with E-state index in [-0.39, 0.29) is 5.24 Å². The zero-order valence-corrected chi connectivity index (χ0v) is 10.5. The Morgan fingerprint density at radius 1 is 1.40 bits per heavy atom.